The second kappa shape index (κ2) is 16.6. The minimum atomic E-state index is 0.582. The molecular formula is C58H40N6. The number of hydrogen-bond donors (Lipinski definition) is 1. The molecule has 0 saturated carbocycles. The predicted molar refractivity (Wildman–Crippen MR) is 262 cm³/mol. The number of aromatic nitrogens is 5. The van der Waals surface area contributed by atoms with Gasteiger partial charge in [0.1, 0.15) is 5.82 Å². The zero-order valence-electron chi connectivity index (χ0n) is 34.8. The van der Waals surface area contributed by atoms with Crippen molar-refractivity contribution < 1.29 is 0 Å². The Bertz CT molecular complexity index is 3470. The van der Waals surface area contributed by atoms with Crippen LogP contribution < -0.4 is 5.73 Å². The van der Waals surface area contributed by atoms with Crippen LogP contribution in [0.25, 0.3) is 107 Å². The lowest BCUT2D eigenvalue weighted by Gasteiger charge is -2.14. The number of para-hydroxylation sites is 3. The Hall–Kier alpha value is -8.74. The Morgan fingerprint density at radius 3 is 1.52 bits per heavy atom. The van der Waals surface area contributed by atoms with Gasteiger partial charge < -0.3 is 5.73 Å². The number of nitrogens with zero attached hydrogens (tertiary/aromatic N) is 5. The lowest BCUT2D eigenvalue weighted by molar-refractivity contribution is 1.07. The number of nitrogen functional groups attached to an aromatic ring is 1. The minimum Gasteiger partial charge on any atom is -0.398 e. The first-order valence-electron chi connectivity index (χ1n) is 21.3. The molecule has 0 radical (unpaired) electrons. The molecule has 0 unspecified atom stereocenters. The zero-order valence-corrected chi connectivity index (χ0v) is 34.8. The van der Waals surface area contributed by atoms with E-state index in [2.05, 4.69) is 150 Å². The number of rotatable bonds is 9. The molecule has 6 heteroatoms. The lowest BCUT2D eigenvalue weighted by atomic mass is 9.95. The molecule has 2 heterocycles. The highest BCUT2D eigenvalue weighted by molar-refractivity contribution is 5.87. The van der Waals surface area contributed by atoms with E-state index in [0.29, 0.717) is 23.2 Å². The van der Waals surface area contributed by atoms with Gasteiger partial charge >= 0.3 is 0 Å². The van der Waals surface area contributed by atoms with E-state index < -0.39 is 0 Å². The van der Waals surface area contributed by atoms with Crippen LogP contribution in [0.15, 0.2) is 231 Å². The van der Waals surface area contributed by atoms with Crippen LogP contribution >= 0.6 is 0 Å². The number of nitrogens with two attached hydrogens (primary N) is 1. The molecule has 0 aliphatic rings. The van der Waals surface area contributed by atoms with Crippen molar-refractivity contribution in [2.75, 3.05) is 5.73 Å². The van der Waals surface area contributed by atoms with E-state index >= 15 is 0 Å². The Morgan fingerprint density at radius 1 is 0.297 bits per heavy atom. The molecule has 64 heavy (non-hydrogen) atoms. The summed E-state index contributed by atoms with van der Waals surface area (Å²) in [5.74, 6) is 2.66. The summed E-state index contributed by atoms with van der Waals surface area (Å²) in [5.41, 5.74) is 22.4. The fourth-order valence-electron chi connectivity index (χ4n) is 8.50. The molecule has 9 aromatic carbocycles. The average Bonchev–Trinajstić information content (AvgIpc) is 3.77. The van der Waals surface area contributed by atoms with Gasteiger partial charge in [0.05, 0.1) is 11.0 Å². The van der Waals surface area contributed by atoms with Crippen molar-refractivity contribution in [1.29, 1.82) is 0 Å². The first kappa shape index (κ1) is 38.2. The van der Waals surface area contributed by atoms with Crippen LogP contribution in [0.5, 0.6) is 0 Å². The van der Waals surface area contributed by atoms with E-state index in [9.17, 15) is 0 Å². The van der Waals surface area contributed by atoms with E-state index in [1.54, 1.807) is 0 Å². The maximum absolute atomic E-state index is 6.42. The van der Waals surface area contributed by atoms with E-state index in [-0.39, 0.29) is 0 Å². The van der Waals surface area contributed by atoms with Gasteiger partial charge in [-0.1, -0.05) is 182 Å². The average molecular weight is 821 g/mol. The largest absolute Gasteiger partial charge is 0.398 e. The Kier molecular flexibility index (Phi) is 9.91. The molecule has 0 fully saturated rings. The fourth-order valence-corrected chi connectivity index (χ4v) is 8.50. The highest BCUT2D eigenvalue weighted by atomic mass is 15.1. The van der Waals surface area contributed by atoms with Gasteiger partial charge in [0, 0.05) is 39.2 Å². The molecule has 0 aliphatic heterocycles. The molecule has 6 nitrogen and oxygen atoms in total. The molecule has 11 aromatic rings. The lowest BCUT2D eigenvalue weighted by Crippen LogP contribution is -2.01. The Labute approximate surface area is 371 Å². The van der Waals surface area contributed by atoms with Crippen LogP contribution in [-0.4, -0.2) is 24.5 Å². The molecule has 0 atom stereocenters. The summed E-state index contributed by atoms with van der Waals surface area (Å²) in [5, 5.41) is 0. The predicted octanol–water partition coefficient (Wildman–Crippen LogP) is 14.1. The highest BCUT2D eigenvalue weighted by Gasteiger charge is 2.19. The van der Waals surface area contributed by atoms with Crippen LogP contribution in [0, 0.1) is 0 Å². The molecule has 0 amide bonds. The number of anilines is 1. The molecule has 11 rings (SSSR count). The molecular weight excluding hydrogens is 781 g/mol. The molecule has 0 aliphatic carbocycles. The number of benzene rings is 9. The number of imidazole rings is 1. The molecule has 0 spiro atoms. The number of hydrogen-bond acceptors (Lipinski definition) is 5. The van der Waals surface area contributed by atoms with Crippen LogP contribution in [0.2, 0.25) is 0 Å². The standard InChI is InChI=1S/C58H40N6/c59-52-32-10-9-30-50(52)45-25-15-26-46(37-45)56-61-55(40-19-5-2-6-20-40)62-57(63-56)51-31-8-7-29-49(51)44-24-13-22-42(35-44)43-23-16-28-48(38-43)64-54-34-12-11-33-53(54)60-58(64)47-27-14-21-41(36-47)39-17-3-1-4-18-39/h1-38H,59H2. The van der Waals surface area contributed by atoms with Gasteiger partial charge in [0.25, 0.3) is 0 Å². The summed E-state index contributed by atoms with van der Waals surface area (Å²) < 4.78 is 2.27. The first-order valence-corrected chi connectivity index (χ1v) is 21.3. The summed E-state index contributed by atoms with van der Waals surface area (Å²) >= 11 is 0. The second-order valence-electron chi connectivity index (χ2n) is 15.7. The highest BCUT2D eigenvalue weighted by Crippen LogP contribution is 2.37. The summed E-state index contributed by atoms with van der Waals surface area (Å²) in [7, 11) is 0. The van der Waals surface area contributed by atoms with Gasteiger partial charge in [0.2, 0.25) is 0 Å². The molecule has 2 aromatic heterocycles. The van der Waals surface area contributed by atoms with Crippen molar-refractivity contribution in [2.45, 2.75) is 0 Å². The van der Waals surface area contributed by atoms with Crippen LogP contribution in [0.3, 0.4) is 0 Å². The topological polar surface area (TPSA) is 82.5 Å². The van der Waals surface area contributed by atoms with Gasteiger partial charge in [0.15, 0.2) is 17.5 Å². The van der Waals surface area contributed by atoms with Crippen LogP contribution in [-0.2, 0) is 0 Å². The van der Waals surface area contributed by atoms with E-state index in [1.165, 1.54) is 5.56 Å². The quantitative estimate of drug-likeness (QED) is 0.147. The first-order chi connectivity index (χ1) is 31.6. The number of fused-ring (bicyclic) bond motifs is 1. The Balaban J connectivity index is 0.996. The molecule has 0 bridgehead atoms. The third-order valence-electron chi connectivity index (χ3n) is 11.6. The third kappa shape index (κ3) is 7.39. The van der Waals surface area contributed by atoms with E-state index in [0.717, 1.165) is 83.7 Å². The van der Waals surface area contributed by atoms with Crippen molar-refractivity contribution in [2.24, 2.45) is 0 Å². The van der Waals surface area contributed by atoms with Gasteiger partial charge in [-0.25, -0.2) is 19.9 Å². The van der Waals surface area contributed by atoms with Gasteiger partial charge in [-0.05, 0) is 87.5 Å². The fraction of sp³-hybridized carbons (Fsp3) is 0. The summed E-state index contributed by atoms with van der Waals surface area (Å²) in [6, 6.07) is 79.4. The van der Waals surface area contributed by atoms with Gasteiger partial charge in [-0.15, -0.1) is 0 Å². The van der Waals surface area contributed by atoms with E-state index in [4.69, 9.17) is 25.7 Å². The minimum absolute atomic E-state index is 0.582. The monoisotopic (exact) mass is 820 g/mol. The van der Waals surface area contributed by atoms with Gasteiger partial charge in [-0.3, -0.25) is 4.57 Å². The molecule has 302 valence electrons. The van der Waals surface area contributed by atoms with Crippen molar-refractivity contribution in [3.05, 3.63) is 231 Å². The molecule has 2 N–H and O–H groups in total. The summed E-state index contributed by atoms with van der Waals surface area (Å²) in [6.07, 6.45) is 0. The SMILES string of the molecule is Nc1ccccc1-c1cccc(-c2nc(-c3ccccc3)nc(-c3ccccc3-c3cccc(-c4cccc(-n5c(-c6cccc(-c7ccccc7)c6)nc6ccccc65)c4)c3)n2)c1. The Morgan fingerprint density at radius 2 is 0.766 bits per heavy atom. The normalized spacial score (nSPS) is 11.2. The summed E-state index contributed by atoms with van der Waals surface area (Å²) in [6.45, 7) is 0. The van der Waals surface area contributed by atoms with E-state index in [1.807, 2.05) is 84.9 Å². The zero-order chi connectivity index (χ0) is 42.8. The van der Waals surface area contributed by atoms with Crippen molar-refractivity contribution >= 4 is 16.7 Å². The summed E-state index contributed by atoms with van der Waals surface area (Å²) in [4.78, 5) is 20.6. The van der Waals surface area contributed by atoms with Crippen LogP contribution in [0.1, 0.15) is 0 Å². The maximum atomic E-state index is 6.42. The van der Waals surface area contributed by atoms with Crippen molar-refractivity contribution in [3.63, 3.8) is 0 Å². The van der Waals surface area contributed by atoms with Crippen molar-refractivity contribution in [3.8, 4) is 95.7 Å². The van der Waals surface area contributed by atoms with Gasteiger partial charge in [-0.2, -0.15) is 0 Å². The molecule has 0 saturated heterocycles. The maximum Gasteiger partial charge on any atom is 0.164 e. The van der Waals surface area contributed by atoms with Crippen molar-refractivity contribution in [1.82, 2.24) is 24.5 Å². The van der Waals surface area contributed by atoms with Crippen LogP contribution in [0.4, 0.5) is 5.69 Å². The third-order valence-corrected chi connectivity index (χ3v) is 11.6. The smallest absolute Gasteiger partial charge is 0.164 e. The second-order valence-corrected chi connectivity index (χ2v) is 15.7.